The lowest BCUT2D eigenvalue weighted by Crippen LogP contribution is -2.29. The van der Waals surface area contributed by atoms with Gasteiger partial charge in [0.05, 0.1) is 11.5 Å². The van der Waals surface area contributed by atoms with E-state index in [1.54, 1.807) is 37.4 Å². The molecule has 0 atom stereocenters. The zero-order valence-corrected chi connectivity index (χ0v) is 18.2. The number of nitrogens with zero attached hydrogens (tertiary/aromatic N) is 3. The first-order valence-corrected chi connectivity index (χ1v) is 11.4. The van der Waals surface area contributed by atoms with Crippen molar-refractivity contribution in [3.63, 3.8) is 0 Å². The maximum atomic E-state index is 12.6. The first-order chi connectivity index (χ1) is 14.9. The van der Waals surface area contributed by atoms with Crippen molar-refractivity contribution in [1.82, 2.24) is 19.7 Å². The maximum Gasteiger partial charge on any atom is 0.240 e. The fourth-order valence-corrected chi connectivity index (χ4v) is 4.33. The van der Waals surface area contributed by atoms with Crippen LogP contribution < -0.4 is 20.1 Å². The van der Waals surface area contributed by atoms with Crippen LogP contribution >= 0.6 is 0 Å². The second kappa shape index (κ2) is 8.86. The molecule has 0 saturated carbocycles. The number of hydrogen-bond donors (Lipinski definition) is 3. The second-order valence-electron chi connectivity index (χ2n) is 7.22. The Hall–Kier alpha value is -3.24. The molecule has 0 aliphatic carbocycles. The van der Waals surface area contributed by atoms with E-state index in [-0.39, 0.29) is 11.4 Å². The molecule has 3 heterocycles. The Morgan fingerprint density at radius 3 is 2.68 bits per heavy atom. The molecule has 3 aromatic rings. The van der Waals surface area contributed by atoms with Crippen LogP contribution in [0.3, 0.4) is 0 Å². The Labute approximate surface area is 181 Å². The SMILES string of the molecule is Cc1ccnc(Nc2cc(NCCNS(=O)(=O)c3ccc4c(c3)CCO4)nc(C)n2)c1. The van der Waals surface area contributed by atoms with E-state index in [1.165, 1.54) is 0 Å². The van der Waals surface area contributed by atoms with E-state index in [4.69, 9.17) is 4.74 Å². The van der Waals surface area contributed by atoms with Gasteiger partial charge in [-0.05, 0) is 55.3 Å². The molecule has 0 spiro atoms. The molecule has 31 heavy (non-hydrogen) atoms. The smallest absolute Gasteiger partial charge is 0.240 e. The van der Waals surface area contributed by atoms with E-state index >= 15 is 0 Å². The number of aryl methyl sites for hydroxylation is 2. The molecule has 162 valence electrons. The number of anilines is 3. The fourth-order valence-electron chi connectivity index (χ4n) is 3.25. The van der Waals surface area contributed by atoms with Crippen molar-refractivity contribution in [2.75, 3.05) is 30.3 Å². The molecule has 0 unspecified atom stereocenters. The van der Waals surface area contributed by atoms with Gasteiger partial charge in [-0.1, -0.05) is 0 Å². The molecule has 9 nitrogen and oxygen atoms in total. The van der Waals surface area contributed by atoms with Crippen LogP contribution in [-0.4, -0.2) is 43.1 Å². The van der Waals surface area contributed by atoms with E-state index in [1.807, 2.05) is 19.1 Å². The molecule has 2 aromatic heterocycles. The highest BCUT2D eigenvalue weighted by Gasteiger charge is 2.18. The Kier molecular flexibility index (Phi) is 6.01. The molecular formula is C21H24N6O3S. The third-order valence-electron chi connectivity index (χ3n) is 4.70. The zero-order chi connectivity index (χ0) is 21.8. The number of benzene rings is 1. The molecule has 0 saturated heterocycles. The van der Waals surface area contributed by atoms with E-state index in [2.05, 4.69) is 30.3 Å². The number of pyridine rings is 1. The highest BCUT2D eigenvalue weighted by atomic mass is 32.2. The van der Waals surface area contributed by atoms with Gasteiger partial charge < -0.3 is 15.4 Å². The van der Waals surface area contributed by atoms with Gasteiger partial charge in [-0.15, -0.1) is 0 Å². The lowest BCUT2D eigenvalue weighted by atomic mass is 10.2. The summed E-state index contributed by atoms with van der Waals surface area (Å²) in [5.74, 6) is 3.23. The van der Waals surface area contributed by atoms with Gasteiger partial charge in [0, 0.05) is 31.8 Å². The Morgan fingerprint density at radius 2 is 1.84 bits per heavy atom. The predicted molar refractivity (Wildman–Crippen MR) is 118 cm³/mol. The van der Waals surface area contributed by atoms with E-state index in [0.717, 1.165) is 23.3 Å². The van der Waals surface area contributed by atoms with Crippen LogP contribution in [0.15, 0.2) is 47.5 Å². The predicted octanol–water partition coefficient (Wildman–Crippen LogP) is 2.56. The third-order valence-corrected chi connectivity index (χ3v) is 6.16. The van der Waals surface area contributed by atoms with Gasteiger partial charge in [0.15, 0.2) is 0 Å². The number of fused-ring (bicyclic) bond motifs is 1. The summed E-state index contributed by atoms with van der Waals surface area (Å²) in [6, 6.07) is 10.5. The van der Waals surface area contributed by atoms with Gasteiger partial charge in [-0.2, -0.15) is 0 Å². The molecule has 1 aromatic carbocycles. The average molecular weight is 441 g/mol. The summed E-state index contributed by atoms with van der Waals surface area (Å²) in [5, 5.41) is 6.29. The fraction of sp³-hybridized carbons (Fsp3) is 0.286. The number of nitrogens with one attached hydrogen (secondary N) is 3. The van der Waals surface area contributed by atoms with E-state index in [0.29, 0.717) is 36.4 Å². The van der Waals surface area contributed by atoms with Crippen LogP contribution in [0.2, 0.25) is 0 Å². The molecule has 1 aliphatic rings. The van der Waals surface area contributed by atoms with E-state index in [9.17, 15) is 8.42 Å². The van der Waals surface area contributed by atoms with Gasteiger partial charge in [-0.3, -0.25) is 0 Å². The van der Waals surface area contributed by atoms with Crippen LogP contribution in [0, 0.1) is 13.8 Å². The Balaban J connectivity index is 1.34. The number of aromatic nitrogens is 3. The van der Waals surface area contributed by atoms with Crippen molar-refractivity contribution in [3.8, 4) is 5.75 Å². The minimum Gasteiger partial charge on any atom is -0.493 e. The first kappa shape index (κ1) is 21.0. The minimum atomic E-state index is -3.60. The van der Waals surface area contributed by atoms with Crippen molar-refractivity contribution in [3.05, 3.63) is 59.5 Å². The standard InChI is InChI=1S/C21H24N6O3S/c1-14-5-7-22-19(11-14)27-21-13-20(25-15(2)26-21)23-8-9-24-31(28,29)17-3-4-18-16(12-17)6-10-30-18/h3-5,7,11-13,24H,6,8-10H2,1-2H3,(H2,22,23,25,26,27). The van der Waals surface area contributed by atoms with Crippen LogP contribution in [0.1, 0.15) is 17.0 Å². The third kappa shape index (κ3) is 5.28. The quantitative estimate of drug-likeness (QED) is 0.458. The summed E-state index contributed by atoms with van der Waals surface area (Å²) < 4.78 is 33.2. The van der Waals surface area contributed by atoms with Gasteiger partial charge >= 0.3 is 0 Å². The van der Waals surface area contributed by atoms with Crippen molar-refractivity contribution in [2.24, 2.45) is 0 Å². The largest absolute Gasteiger partial charge is 0.493 e. The minimum absolute atomic E-state index is 0.209. The number of ether oxygens (including phenoxy) is 1. The molecule has 1 aliphatic heterocycles. The average Bonchev–Trinajstić information content (AvgIpc) is 3.19. The van der Waals surface area contributed by atoms with Gasteiger partial charge in [-0.25, -0.2) is 28.1 Å². The molecule has 0 radical (unpaired) electrons. The first-order valence-electron chi connectivity index (χ1n) is 9.94. The molecule has 3 N–H and O–H groups in total. The molecular weight excluding hydrogens is 416 g/mol. The number of sulfonamides is 1. The van der Waals surface area contributed by atoms with Crippen molar-refractivity contribution in [2.45, 2.75) is 25.2 Å². The van der Waals surface area contributed by atoms with Crippen LogP contribution in [0.5, 0.6) is 5.75 Å². The molecule has 4 rings (SSSR count). The van der Waals surface area contributed by atoms with Gasteiger partial charge in [0.1, 0.15) is 29.0 Å². The van der Waals surface area contributed by atoms with Crippen molar-refractivity contribution in [1.29, 1.82) is 0 Å². The lowest BCUT2D eigenvalue weighted by molar-refractivity contribution is 0.356. The Morgan fingerprint density at radius 1 is 1.00 bits per heavy atom. The van der Waals surface area contributed by atoms with Crippen LogP contribution in [-0.2, 0) is 16.4 Å². The number of rotatable bonds is 8. The zero-order valence-electron chi connectivity index (χ0n) is 17.3. The summed E-state index contributed by atoms with van der Waals surface area (Å²) in [6.45, 7) is 4.95. The Bertz CT molecular complexity index is 1200. The summed E-state index contributed by atoms with van der Waals surface area (Å²) in [5.41, 5.74) is 2.00. The van der Waals surface area contributed by atoms with Crippen molar-refractivity contribution < 1.29 is 13.2 Å². The molecule has 0 fully saturated rings. The van der Waals surface area contributed by atoms with E-state index < -0.39 is 10.0 Å². The van der Waals surface area contributed by atoms with Crippen LogP contribution in [0.4, 0.5) is 17.5 Å². The molecule has 10 heteroatoms. The monoisotopic (exact) mass is 440 g/mol. The lowest BCUT2D eigenvalue weighted by Gasteiger charge is -2.11. The highest BCUT2D eigenvalue weighted by Crippen LogP contribution is 2.27. The highest BCUT2D eigenvalue weighted by molar-refractivity contribution is 7.89. The topological polar surface area (TPSA) is 118 Å². The summed E-state index contributed by atoms with van der Waals surface area (Å²) >= 11 is 0. The summed E-state index contributed by atoms with van der Waals surface area (Å²) in [6.07, 6.45) is 2.45. The molecule has 0 bridgehead atoms. The number of hydrogen-bond acceptors (Lipinski definition) is 8. The van der Waals surface area contributed by atoms with Gasteiger partial charge in [0.25, 0.3) is 0 Å². The summed E-state index contributed by atoms with van der Waals surface area (Å²) in [7, 11) is -3.60. The van der Waals surface area contributed by atoms with Crippen LogP contribution in [0.25, 0.3) is 0 Å². The normalized spacial score (nSPS) is 12.8. The summed E-state index contributed by atoms with van der Waals surface area (Å²) in [4.78, 5) is 13.2. The van der Waals surface area contributed by atoms with Crippen molar-refractivity contribution >= 4 is 27.5 Å². The second-order valence-corrected chi connectivity index (χ2v) is 8.99. The maximum absolute atomic E-state index is 12.6. The van der Waals surface area contributed by atoms with Gasteiger partial charge in [0.2, 0.25) is 10.0 Å². The molecule has 0 amide bonds.